The zero-order valence-electron chi connectivity index (χ0n) is 16.0. The molecule has 2 saturated heterocycles. The van der Waals surface area contributed by atoms with E-state index in [-0.39, 0.29) is 23.5 Å². The molecular weight excluding hydrogens is 411 g/mol. The van der Waals surface area contributed by atoms with E-state index >= 15 is 0 Å². The van der Waals surface area contributed by atoms with Crippen LogP contribution in [0.2, 0.25) is 5.02 Å². The molecular formula is C22H20ClFN2O2S. The number of rotatable bonds is 4. The molecule has 0 atom stereocenters. The van der Waals surface area contributed by atoms with Crippen LogP contribution in [-0.4, -0.2) is 29.1 Å². The van der Waals surface area contributed by atoms with Crippen molar-refractivity contribution < 1.29 is 14.0 Å². The minimum atomic E-state index is -0.386. The second-order valence-electron chi connectivity index (χ2n) is 7.21. The standard InChI is InChI=1S/C22H20ClFN2O2S/c1-14-10-19(25-8-4-5-9-25)18(24)11-16(14)12-20-21(27)26(22(28)29-20)13-15-6-2-3-7-17(15)23/h2-3,6-7,10-12H,4-5,8-9,13H2,1H3. The fraction of sp³-hybridized carbons (Fsp3) is 0.273. The molecule has 0 N–H and O–H groups in total. The second-order valence-corrected chi connectivity index (χ2v) is 8.61. The first kappa shape index (κ1) is 20.0. The number of hydrogen-bond acceptors (Lipinski definition) is 4. The zero-order chi connectivity index (χ0) is 20.5. The van der Waals surface area contributed by atoms with Gasteiger partial charge in [0.05, 0.1) is 17.1 Å². The maximum Gasteiger partial charge on any atom is 0.293 e. The number of aryl methyl sites for hydroxylation is 1. The van der Waals surface area contributed by atoms with Crippen LogP contribution in [0, 0.1) is 12.7 Å². The lowest BCUT2D eigenvalue weighted by atomic mass is 10.1. The topological polar surface area (TPSA) is 40.6 Å². The molecule has 4 rings (SSSR count). The molecule has 7 heteroatoms. The van der Waals surface area contributed by atoms with Crippen molar-refractivity contribution in [3.05, 3.63) is 68.8 Å². The monoisotopic (exact) mass is 430 g/mol. The third-order valence-electron chi connectivity index (χ3n) is 5.23. The van der Waals surface area contributed by atoms with E-state index in [2.05, 4.69) is 0 Å². The quantitative estimate of drug-likeness (QED) is 0.590. The number of hydrogen-bond donors (Lipinski definition) is 0. The van der Waals surface area contributed by atoms with Gasteiger partial charge in [0.15, 0.2) is 0 Å². The molecule has 2 aromatic carbocycles. The molecule has 4 nitrogen and oxygen atoms in total. The molecule has 0 bridgehead atoms. The molecule has 0 saturated carbocycles. The maximum atomic E-state index is 14.7. The molecule has 0 aromatic heterocycles. The normalized spacial score (nSPS) is 18.4. The zero-order valence-corrected chi connectivity index (χ0v) is 17.5. The van der Waals surface area contributed by atoms with Crippen LogP contribution in [0.15, 0.2) is 41.3 Å². The summed E-state index contributed by atoms with van der Waals surface area (Å²) in [7, 11) is 0. The number of imide groups is 1. The predicted molar refractivity (Wildman–Crippen MR) is 116 cm³/mol. The minimum absolute atomic E-state index is 0.114. The molecule has 150 valence electrons. The molecule has 29 heavy (non-hydrogen) atoms. The fourth-order valence-corrected chi connectivity index (χ4v) is 4.64. The Morgan fingerprint density at radius 1 is 1.17 bits per heavy atom. The van der Waals surface area contributed by atoms with Gasteiger partial charge in [-0.05, 0) is 72.5 Å². The Hall–Kier alpha value is -2.31. The van der Waals surface area contributed by atoms with Crippen LogP contribution in [0.4, 0.5) is 14.9 Å². The van der Waals surface area contributed by atoms with Gasteiger partial charge in [-0.3, -0.25) is 14.5 Å². The largest absolute Gasteiger partial charge is 0.369 e. The predicted octanol–water partition coefficient (Wildman–Crippen LogP) is 5.62. The highest BCUT2D eigenvalue weighted by Gasteiger charge is 2.35. The number of anilines is 1. The summed E-state index contributed by atoms with van der Waals surface area (Å²) in [5, 5.41) is 0.152. The van der Waals surface area contributed by atoms with E-state index in [1.165, 1.54) is 11.0 Å². The van der Waals surface area contributed by atoms with Crippen molar-refractivity contribution in [1.82, 2.24) is 4.90 Å². The summed E-state index contributed by atoms with van der Waals surface area (Å²) in [6.45, 7) is 3.72. The Morgan fingerprint density at radius 3 is 2.62 bits per heavy atom. The SMILES string of the molecule is Cc1cc(N2CCCC2)c(F)cc1C=C1SC(=O)N(Cc2ccccc2Cl)C1=O. The molecule has 0 spiro atoms. The number of benzene rings is 2. The molecule has 2 heterocycles. The van der Waals surface area contributed by atoms with Gasteiger partial charge in [0.2, 0.25) is 0 Å². The lowest BCUT2D eigenvalue weighted by Crippen LogP contribution is -2.27. The summed E-state index contributed by atoms with van der Waals surface area (Å²) in [6.07, 6.45) is 3.74. The Morgan fingerprint density at radius 2 is 1.90 bits per heavy atom. The number of nitrogens with zero attached hydrogens (tertiary/aromatic N) is 2. The van der Waals surface area contributed by atoms with Gasteiger partial charge >= 0.3 is 0 Å². The molecule has 2 aliphatic rings. The second kappa shape index (κ2) is 8.20. The third kappa shape index (κ3) is 4.05. The lowest BCUT2D eigenvalue weighted by molar-refractivity contribution is -0.123. The summed E-state index contributed by atoms with van der Waals surface area (Å²) in [5.41, 5.74) is 2.78. The van der Waals surface area contributed by atoms with Gasteiger partial charge < -0.3 is 4.90 Å². The van der Waals surface area contributed by atoms with Crippen LogP contribution in [0.5, 0.6) is 0 Å². The highest BCUT2D eigenvalue weighted by Crippen LogP contribution is 2.35. The van der Waals surface area contributed by atoms with Crippen molar-refractivity contribution in [1.29, 1.82) is 0 Å². The van der Waals surface area contributed by atoms with E-state index < -0.39 is 0 Å². The van der Waals surface area contributed by atoms with Gasteiger partial charge in [0.25, 0.3) is 11.1 Å². The van der Waals surface area contributed by atoms with Crippen LogP contribution in [0.3, 0.4) is 0 Å². The number of carbonyl (C=O) groups excluding carboxylic acids is 2. The highest BCUT2D eigenvalue weighted by molar-refractivity contribution is 8.18. The van der Waals surface area contributed by atoms with Crippen molar-refractivity contribution in [3.63, 3.8) is 0 Å². The van der Waals surface area contributed by atoms with E-state index in [9.17, 15) is 14.0 Å². The van der Waals surface area contributed by atoms with E-state index in [1.54, 1.807) is 24.3 Å². The van der Waals surface area contributed by atoms with Crippen LogP contribution in [0.25, 0.3) is 6.08 Å². The van der Waals surface area contributed by atoms with Gasteiger partial charge in [-0.25, -0.2) is 4.39 Å². The Balaban J connectivity index is 1.58. The molecule has 0 aliphatic carbocycles. The summed E-state index contributed by atoms with van der Waals surface area (Å²) in [4.78, 5) is 28.7. The smallest absolute Gasteiger partial charge is 0.293 e. The van der Waals surface area contributed by atoms with Gasteiger partial charge in [0.1, 0.15) is 5.82 Å². The number of carbonyl (C=O) groups is 2. The Labute approximate surface area is 178 Å². The van der Waals surface area contributed by atoms with Gasteiger partial charge in [-0.15, -0.1) is 0 Å². The van der Waals surface area contributed by atoms with Crippen LogP contribution < -0.4 is 4.90 Å². The molecule has 2 amide bonds. The summed E-state index contributed by atoms with van der Waals surface area (Å²) >= 11 is 7.02. The average molecular weight is 431 g/mol. The summed E-state index contributed by atoms with van der Waals surface area (Å²) in [6, 6.07) is 10.4. The van der Waals surface area contributed by atoms with Crippen molar-refractivity contribution in [3.8, 4) is 0 Å². The molecule has 0 radical (unpaired) electrons. The molecule has 0 unspecified atom stereocenters. The first-order chi connectivity index (χ1) is 13.9. The number of amides is 2. The number of halogens is 2. The van der Waals surface area contributed by atoms with E-state index in [0.29, 0.717) is 26.7 Å². The van der Waals surface area contributed by atoms with Crippen LogP contribution in [-0.2, 0) is 11.3 Å². The number of thioether (sulfide) groups is 1. The highest BCUT2D eigenvalue weighted by atomic mass is 35.5. The fourth-order valence-electron chi connectivity index (χ4n) is 3.61. The van der Waals surface area contributed by atoms with Gasteiger partial charge in [-0.1, -0.05) is 29.8 Å². The first-order valence-electron chi connectivity index (χ1n) is 9.48. The van der Waals surface area contributed by atoms with Crippen molar-refractivity contribution in [2.75, 3.05) is 18.0 Å². The van der Waals surface area contributed by atoms with E-state index in [0.717, 1.165) is 43.3 Å². The summed E-state index contributed by atoms with van der Waals surface area (Å²) in [5.74, 6) is -0.692. The van der Waals surface area contributed by atoms with Gasteiger partial charge in [0, 0.05) is 18.1 Å². The Bertz CT molecular complexity index is 1020. The third-order valence-corrected chi connectivity index (χ3v) is 6.50. The minimum Gasteiger partial charge on any atom is -0.369 e. The molecule has 2 aromatic rings. The molecule has 2 fully saturated rings. The van der Waals surface area contributed by atoms with Crippen LogP contribution in [0.1, 0.15) is 29.5 Å². The van der Waals surface area contributed by atoms with Gasteiger partial charge in [-0.2, -0.15) is 0 Å². The summed E-state index contributed by atoms with van der Waals surface area (Å²) < 4.78 is 14.7. The average Bonchev–Trinajstić information content (AvgIpc) is 3.31. The first-order valence-corrected chi connectivity index (χ1v) is 10.7. The Kier molecular flexibility index (Phi) is 5.65. The molecule has 2 aliphatic heterocycles. The van der Waals surface area contributed by atoms with Crippen LogP contribution >= 0.6 is 23.4 Å². The maximum absolute atomic E-state index is 14.7. The van der Waals surface area contributed by atoms with E-state index in [4.69, 9.17) is 11.6 Å². The van der Waals surface area contributed by atoms with Crippen molar-refractivity contribution in [2.24, 2.45) is 0 Å². The van der Waals surface area contributed by atoms with Crippen molar-refractivity contribution in [2.45, 2.75) is 26.3 Å². The van der Waals surface area contributed by atoms with E-state index in [1.807, 2.05) is 24.0 Å². The lowest BCUT2D eigenvalue weighted by Gasteiger charge is -2.19. The van der Waals surface area contributed by atoms with Crippen molar-refractivity contribution >= 4 is 46.3 Å².